The Bertz CT molecular complexity index is 1330. The lowest BCUT2D eigenvalue weighted by Crippen LogP contribution is -2.51. The first-order valence-electron chi connectivity index (χ1n) is 13.2. The number of amides is 1. The summed E-state index contributed by atoms with van der Waals surface area (Å²) in [6, 6.07) is 9.91. The lowest BCUT2D eigenvalue weighted by molar-refractivity contribution is -0.134. The molecule has 5 rings (SSSR count). The third kappa shape index (κ3) is 4.65. The number of nitrogens with zero attached hydrogens (tertiary/aromatic N) is 5. The van der Waals surface area contributed by atoms with Gasteiger partial charge in [0.15, 0.2) is 5.66 Å². The highest BCUT2D eigenvalue weighted by Crippen LogP contribution is 2.37. The predicted octanol–water partition coefficient (Wildman–Crippen LogP) is 4.23. The van der Waals surface area contributed by atoms with Gasteiger partial charge in [0.2, 0.25) is 5.91 Å². The van der Waals surface area contributed by atoms with E-state index in [9.17, 15) is 9.90 Å². The maximum absolute atomic E-state index is 13.9. The second kappa shape index (κ2) is 10.2. The summed E-state index contributed by atoms with van der Waals surface area (Å²) in [5, 5.41) is 16.7. The van der Waals surface area contributed by atoms with Crippen molar-refractivity contribution in [2.75, 3.05) is 13.1 Å². The number of thiazole rings is 1. The first kappa shape index (κ1) is 26.5. The highest BCUT2D eigenvalue weighted by molar-refractivity contribution is 7.13. The predicted molar refractivity (Wildman–Crippen MR) is 148 cm³/mol. The van der Waals surface area contributed by atoms with E-state index >= 15 is 0 Å². The van der Waals surface area contributed by atoms with Gasteiger partial charge in [0, 0.05) is 25.6 Å². The zero-order valence-electron chi connectivity index (χ0n) is 22.8. The molecule has 3 aromatic rings. The molecule has 4 heterocycles. The maximum atomic E-state index is 13.9. The fourth-order valence-corrected chi connectivity index (χ4v) is 6.41. The summed E-state index contributed by atoms with van der Waals surface area (Å²) < 4.78 is 5.51. The smallest absolute Gasteiger partial charge is 0.234 e. The molecule has 202 valence electrons. The van der Waals surface area contributed by atoms with Gasteiger partial charge in [0.05, 0.1) is 33.9 Å². The number of benzene rings is 1. The topological polar surface area (TPSA) is 107 Å². The van der Waals surface area contributed by atoms with Gasteiger partial charge in [-0.15, -0.1) is 11.3 Å². The van der Waals surface area contributed by atoms with Gasteiger partial charge >= 0.3 is 0 Å². The van der Waals surface area contributed by atoms with Crippen LogP contribution in [0.15, 0.2) is 45.4 Å². The first-order valence-corrected chi connectivity index (χ1v) is 14.1. The average Bonchev–Trinajstić information content (AvgIpc) is 3.66. The Morgan fingerprint density at radius 1 is 1.29 bits per heavy atom. The fraction of sp³-hybridized carbons (Fsp3) is 0.500. The van der Waals surface area contributed by atoms with Crippen molar-refractivity contribution >= 4 is 23.1 Å². The molecule has 0 radical (unpaired) electrons. The van der Waals surface area contributed by atoms with Crippen molar-refractivity contribution in [3.63, 3.8) is 0 Å². The van der Waals surface area contributed by atoms with E-state index in [0.29, 0.717) is 24.6 Å². The number of hydrazine groups is 1. The number of nitrogens with one attached hydrogen (secondary N) is 1. The SMILES string of the molecule is CCN1NC([C@H]2C[C@@H](O)CN2C(=O)C(c2cc(C)no2)C(C)C)=N[C@@]1(C)c1ccc(-c2scnc2C)cc1. The van der Waals surface area contributed by atoms with E-state index in [1.165, 1.54) is 4.88 Å². The quantitative estimate of drug-likeness (QED) is 0.465. The summed E-state index contributed by atoms with van der Waals surface area (Å²) in [4.78, 5) is 26.4. The highest BCUT2D eigenvalue weighted by Gasteiger charge is 2.47. The Kier molecular flexibility index (Phi) is 7.15. The van der Waals surface area contributed by atoms with Gasteiger partial charge in [0.25, 0.3) is 0 Å². The van der Waals surface area contributed by atoms with Crippen LogP contribution in [0.4, 0.5) is 0 Å². The van der Waals surface area contributed by atoms with Crippen LogP contribution in [0.3, 0.4) is 0 Å². The van der Waals surface area contributed by atoms with Crippen molar-refractivity contribution in [1.29, 1.82) is 0 Å². The normalized spacial score (nSPS) is 24.6. The van der Waals surface area contributed by atoms with Crippen LogP contribution in [0.25, 0.3) is 10.4 Å². The fourth-order valence-electron chi connectivity index (χ4n) is 5.60. The third-order valence-electron chi connectivity index (χ3n) is 7.63. The number of carbonyl (C=O) groups is 1. The van der Waals surface area contributed by atoms with Crippen LogP contribution < -0.4 is 5.43 Å². The van der Waals surface area contributed by atoms with Crippen molar-refractivity contribution < 1.29 is 14.4 Å². The van der Waals surface area contributed by atoms with Gasteiger partial charge in [0.1, 0.15) is 17.5 Å². The minimum atomic E-state index is -0.660. The monoisotopic (exact) mass is 536 g/mol. The molecule has 1 fully saturated rings. The van der Waals surface area contributed by atoms with Crippen LogP contribution in [0, 0.1) is 19.8 Å². The number of aryl methyl sites for hydroxylation is 2. The van der Waals surface area contributed by atoms with E-state index in [4.69, 9.17) is 9.52 Å². The molecule has 0 spiro atoms. The molecule has 1 amide bonds. The summed E-state index contributed by atoms with van der Waals surface area (Å²) in [5.74, 6) is 0.688. The minimum absolute atomic E-state index is 0.00446. The van der Waals surface area contributed by atoms with Gasteiger partial charge in [-0.1, -0.05) is 50.2 Å². The lowest BCUT2D eigenvalue weighted by Gasteiger charge is -2.32. The molecule has 0 aliphatic carbocycles. The van der Waals surface area contributed by atoms with Gasteiger partial charge in [-0.05, 0) is 37.8 Å². The lowest BCUT2D eigenvalue weighted by atomic mass is 9.91. The molecule has 9 nitrogen and oxygen atoms in total. The molecule has 1 saturated heterocycles. The molecule has 10 heteroatoms. The van der Waals surface area contributed by atoms with E-state index in [0.717, 1.165) is 22.5 Å². The molecule has 0 bridgehead atoms. The number of hydrogen-bond donors (Lipinski definition) is 2. The average molecular weight is 537 g/mol. The van der Waals surface area contributed by atoms with Crippen molar-refractivity contribution in [1.82, 2.24) is 25.5 Å². The summed E-state index contributed by atoms with van der Waals surface area (Å²) in [5.41, 5.74) is 8.62. The van der Waals surface area contributed by atoms with Gasteiger partial charge in [-0.3, -0.25) is 4.79 Å². The molecule has 38 heavy (non-hydrogen) atoms. The Morgan fingerprint density at radius 2 is 2.03 bits per heavy atom. The number of hydrogen-bond acceptors (Lipinski definition) is 9. The summed E-state index contributed by atoms with van der Waals surface area (Å²) in [6.07, 6.45) is -0.198. The van der Waals surface area contributed by atoms with Gasteiger partial charge < -0.3 is 20.0 Å². The molecule has 1 aromatic carbocycles. The third-order valence-corrected chi connectivity index (χ3v) is 8.61. The number of β-amino-alcohol motifs (C(OH)–C–C–N with tert-alkyl or cyclic N) is 1. The van der Waals surface area contributed by atoms with Crippen LogP contribution in [0.5, 0.6) is 0 Å². The number of aliphatic hydroxyl groups is 1. The minimum Gasteiger partial charge on any atom is -0.391 e. The van der Waals surface area contributed by atoms with Crippen molar-refractivity contribution in [2.24, 2.45) is 10.9 Å². The second-order valence-electron chi connectivity index (χ2n) is 10.7. The van der Waals surface area contributed by atoms with Crippen LogP contribution in [-0.4, -0.2) is 62.1 Å². The molecule has 2 aliphatic heterocycles. The number of aliphatic hydroxyl groups excluding tert-OH is 1. The van der Waals surface area contributed by atoms with E-state index in [2.05, 4.69) is 58.7 Å². The van der Waals surface area contributed by atoms with Crippen LogP contribution in [0.2, 0.25) is 0 Å². The second-order valence-corrected chi connectivity index (χ2v) is 11.6. The van der Waals surface area contributed by atoms with Crippen LogP contribution >= 0.6 is 11.3 Å². The van der Waals surface area contributed by atoms with Crippen molar-refractivity contribution in [3.8, 4) is 10.4 Å². The number of amidine groups is 1. The van der Waals surface area contributed by atoms with E-state index < -0.39 is 17.7 Å². The maximum Gasteiger partial charge on any atom is 0.234 e. The first-order chi connectivity index (χ1) is 18.1. The molecule has 0 saturated carbocycles. The van der Waals surface area contributed by atoms with Gasteiger partial charge in [-0.2, -0.15) is 5.01 Å². The summed E-state index contributed by atoms with van der Waals surface area (Å²) >= 11 is 1.64. The largest absolute Gasteiger partial charge is 0.391 e. The molecule has 2 aromatic heterocycles. The summed E-state index contributed by atoms with van der Waals surface area (Å²) in [6.45, 7) is 13.0. The molecular formula is C28H36N6O3S. The molecule has 2 aliphatic rings. The number of carbonyl (C=O) groups excluding carboxylic acids is 1. The zero-order valence-corrected chi connectivity index (χ0v) is 23.6. The number of likely N-dealkylation sites (tertiary alicyclic amines) is 1. The Labute approximate surface area is 227 Å². The van der Waals surface area contributed by atoms with E-state index in [1.54, 1.807) is 16.2 Å². The zero-order chi connectivity index (χ0) is 27.2. The number of aromatic nitrogens is 2. The van der Waals surface area contributed by atoms with Crippen LogP contribution in [-0.2, 0) is 10.5 Å². The highest BCUT2D eigenvalue weighted by atomic mass is 32.1. The number of rotatable bonds is 7. The molecular weight excluding hydrogens is 500 g/mol. The Balaban J connectivity index is 1.45. The van der Waals surface area contributed by atoms with Crippen LogP contribution in [0.1, 0.15) is 62.7 Å². The molecule has 4 atom stereocenters. The van der Waals surface area contributed by atoms with E-state index in [-0.39, 0.29) is 24.4 Å². The van der Waals surface area contributed by atoms with Gasteiger partial charge in [-0.25, -0.2) is 9.98 Å². The number of aliphatic imine (C=N–C) groups is 1. The molecule has 1 unspecified atom stereocenters. The Hall–Kier alpha value is -3.08. The van der Waals surface area contributed by atoms with Crippen molar-refractivity contribution in [3.05, 3.63) is 58.6 Å². The standard InChI is InChI=1S/C28H36N6O3S/c1-7-34-28(6,20-10-8-19(9-11-20)25-18(5)29-15-38-25)30-26(31-34)22-13-21(35)14-33(22)27(36)24(16(2)3)23-12-17(4)32-37-23/h8-12,15-16,21-22,24,35H,7,13-14H2,1-6H3,(H,30,31)/t21-,22-,24?,28-/m1/s1. The molecule has 2 N–H and O–H groups in total. The summed E-state index contributed by atoms with van der Waals surface area (Å²) in [7, 11) is 0. The van der Waals surface area contributed by atoms with Crippen molar-refractivity contribution in [2.45, 2.75) is 71.7 Å². The van der Waals surface area contributed by atoms with E-state index in [1.807, 2.05) is 39.3 Å². The Morgan fingerprint density at radius 3 is 2.61 bits per heavy atom.